The molecule has 4 heteroatoms. The van der Waals surface area contributed by atoms with Crippen LogP contribution >= 0.6 is 0 Å². The minimum atomic E-state index is -1.05. The Bertz CT molecular complexity index is 177. The Morgan fingerprint density at radius 3 is 2.20 bits per heavy atom. The van der Waals surface area contributed by atoms with E-state index in [-0.39, 0.29) is 0 Å². The molecule has 54 valence electrons. The summed E-state index contributed by atoms with van der Waals surface area (Å²) in [5, 5.41) is 16.4. The van der Waals surface area contributed by atoms with E-state index in [1.165, 1.54) is 0 Å². The van der Waals surface area contributed by atoms with Gasteiger partial charge >= 0.3 is 5.97 Å². The Hall–Kier alpha value is -0.975. The molecule has 0 radical (unpaired) electrons. The maximum absolute atomic E-state index is 10.4. The number of aliphatic carboxylic acids is 1. The van der Waals surface area contributed by atoms with Crippen LogP contribution in [0.25, 0.3) is 0 Å². The number of carbonyl (C=O) groups is 1. The molecule has 0 saturated heterocycles. The zero-order valence-corrected chi connectivity index (χ0v) is 6.38. The monoisotopic (exact) mass is 139 g/mol. The molecular weight excluding hydrogens is 129 g/mol. The number of nitrogens with zero attached hydrogens (tertiary/aromatic N) is 1. The zero-order chi connectivity index (χ0) is 8.36. The smallest absolute Gasteiger partial charge is 0.320 e. The van der Waals surface area contributed by atoms with Gasteiger partial charge in [-0.15, -0.1) is 0 Å². The predicted molar refractivity (Wildman–Crippen MR) is 39.3 cm³/mol. The fourth-order valence-electron chi connectivity index (χ4n) is 0.619. The average molecular weight is 139 g/mol. The van der Waals surface area contributed by atoms with Crippen LogP contribution in [0.2, 0.25) is 5.31 Å². The SMILES string of the molecule is BC(C)(C)C(C#N)C(=O)O. The van der Waals surface area contributed by atoms with E-state index < -0.39 is 17.2 Å². The van der Waals surface area contributed by atoms with E-state index in [4.69, 9.17) is 10.4 Å². The Balaban J connectivity index is 4.42. The van der Waals surface area contributed by atoms with Gasteiger partial charge in [0, 0.05) is 0 Å². The second-order valence-electron chi connectivity index (χ2n) is 3.27. The minimum Gasteiger partial charge on any atom is -0.480 e. The summed E-state index contributed by atoms with van der Waals surface area (Å²) in [6.07, 6.45) is 0. The van der Waals surface area contributed by atoms with Crippen LogP contribution in [0.4, 0.5) is 0 Å². The van der Waals surface area contributed by atoms with Crippen LogP contribution in [-0.2, 0) is 4.79 Å². The van der Waals surface area contributed by atoms with Gasteiger partial charge in [0.2, 0.25) is 0 Å². The van der Waals surface area contributed by atoms with Crippen LogP contribution in [0.1, 0.15) is 13.8 Å². The summed E-state index contributed by atoms with van der Waals surface area (Å²) in [5.41, 5.74) is 0. The van der Waals surface area contributed by atoms with E-state index >= 15 is 0 Å². The van der Waals surface area contributed by atoms with Crippen LogP contribution < -0.4 is 0 Å². The molecule has 0 rings (SSSR count). The van der Waals surface area contributed by atoms with E-state index in [1.54, 1.807) is 27.8 Å². The van der Waals surface area contributed by atoms with Gasteiger partial charge in [-0.1, -0.05) is 13.8 Å². The molecule has 1 N–H and O–H groups in total. The van der Waals surface area contributed by atoms with Crippen molar-refractivity contribution in [3.8, 4) is 6.07 Å². The van der Waals surface area contributed by atoms with Gasteiger partial charge in [-0.05, 0) is 5.31 Å². The molecule has 0 heterocycles. The number of carboxylic acid groups (broad SMARTS) is 1. The number of hydrogen-bond donors (Lipinski definition) is 1. The van der Waals surface area contributed by atoms with Crippen molar-refractivity contribution in [2.45, 2.75) is 19.2 Å². The Kier molecular flexibility index (Phi) is 2.47. The minimum absolute atomic E-state index is 0.472. The molecule has 0 amide bonds. The van der Waals surface area contributed by atoms with Gasteiger partial charge in [0.1, 0.15) is 13.8 Å². The van der Waals surface area contributed by atoms with Gasteiger partial charge < -0.3 is 5.11 Å². The molecule has 0 spiro atoms. The van der Waals surface area contributed by atoms with E-state index in [1.807, 2.05) is 0 Å². The summed E-state index contributed by atoms with van der Waals surface area (Å²) >= 11 is 0. The first-order valence-electron chi connectivity index (χ1n) is 3.02. The van der Waals surface area contributed by atoms with Crippen LogP contribution in [0.5, 0.6) is 0 Å². The summed E-state index contributed by atoms with van der Waals surface area (Å²) < 4.78 is 0. The fourth-order valence-corrected chi connectivity index (χ4v) is 0.619. The summed E-state index contributed by atoms with van der Waals surface area (Å²) in [5.74, 6) is -1.96. The number of carboxylic acids is 1. The van der Waals surface area contributed by atoms with E-state index in [2.05, 4.69) is 0 Å². The van der Waals surface area contributed by atoms with Crippen molar-refractivity contribution in [1.82, 2.24) is 0 Å². The molecule has 3 nitrogen and oxygen atoms in total. The van der Waals surface area contributed by atoms with Crippen molar-refractivity contribution < 1.29 is 9.90 Å². The summed E-state index contributed by atoms with van der Waals surface area (Å²) in [4.78, 5) is 10.4. The van der Waals surface area contributed by atoms with Crippen molar-refractivity contribution in [3.63, 3.8) is 0 Å². The fraction of sp³-hybridized carbons (Fsp3) is 0.667. The van der Waals surface area contributed by atoms with Crippen LogP contribution in [0.15, 0.2) is 0 Å². The Morgan fingerprint density at radius 1 is 1.80 bits per heavy atom. The predicted octanol–water partition coefficient (Wildman–Crippen LogP) is 0.0424. The van der Waals surface area contributed by atoms with E-state index in [0.29, 0.717) is 0 Å². The first-order chi connectivity index (χ1) is 4.39. The first kappa shape index (κ1) is 9.02. The molecule has 0 saturated carbocycles. The molecule has 0 aliphatic heterocycles. The molecular formula is C6H10BNO2. The molecule has 1 unspecified atom stereocenters. The Morgan fingerprint density at radius 2 is 2.20 bits per heavy atom. The number of hydrogen-bond acceptors (Lipinski definition) is 2. The molecule has 0 aromatic carbocycles. The van der Waals surface area contributed by atoms with Crippen LogP contribution in [0.3, 0.4) is 0 Å². The largest absolute Gasteiger partial charge is 0.480 e. The second-order valence-corrected chi connectivity index (χ2v) is 3.27. The topological polar surface area (TPSA) is 61.1 Å². The summed E-state index contributed by atoms with van der Waals surface area (Å²) in [6.45, 7) is 3.46. The number of nitriles is 1. The molecule has 0 aliphatic carbocycles. The average Bonchev–Trinajstić information content (AvgIpc) is 1.60. The van der Waals surface area contributed by atoms with Gasteiger partial charge in [-0.3, -0.25) is 4.79 Å². The molecule has 0 aromatic rings. The molecule has 0 aliphatic rings. The maximum Gasteiger partial charge on any atom is 0.320 e. The number of rotatable bonds is 2. The van der Waals surface area contributed by atoms with Crippen molar-refractivity contribution in [2.24, 2.45) is 5.92 Å². The standard InChI is InChI=1S/C6H10BNO2/c1-6(2,7)4(3-8)5(9)10/h4H,7H2,1-2H3,(H,9,10). The quantitative estimate of drug-likeness (QED) is 0.549. The highest BCUT2D eigenvalue weighted by Gasteiger charge is 2.30. The van der Waals surface area contributed by atoms with E-state index in [0.717, 1.165) is 0 Å². The van der Waals surface area contributed by atoms with Gasteiger partial charge in [-0.2, -0.15) is 5.26 Å². The highest BCUT2D eigenvalue weighted by molar-refractivity contribution is 6.16. The maximum atomic E-state index is 10.4. The van der Waals surface area contributed by atoms with Gasteiger partial charge in [-0.25, -0.2) is 0 Å². The zero-order valence-electron chi connectivity index (χ0n) is 6.38. The van der Waals surface area contributed by atoms with Gasteiger partial charge in [0.15, 0.2) is 0 Å². The van der Waals surface area contributed by atoms with Crippen LogP contribution in [0, 0.1) is 17.2 Å². The first-order valence-corrected chi connectivity index (χ1v) is 3.02. The summed E-state index contributed by atoms with van der Waals surface area (Å²) in [7, 11) is 1.73. The lowest BCUT2D eigenvalue weighted by Gasteiger charge is -2.20. The molecule has 10 heavy (non-hydrogen) atoms. The van der Waals surface area contributed by atoms with Gasteiger partial charge in [0.25, 0.3) is 0 Å². The highest BCUT2D eigenvalue weighted by atomic mass is 16.4. The highest BCUT2D eigenvalue weighted by Crippen LogP contribution is 2.29. The van der Waals surface area contributed by atoms with E-state index in [9.17, 15) is 4.79 Å². The lowest BCUT2D eigenvalue weighted by Crippen LogP contribution is -2.24. The third kappa shape index (κ3) is 2.10. The Labute approximate surface area is 61.1 Å². The normalized spacial score (nSPS) is 13.7. The van der Waals surface area contributed by atoms with Crippen molar-refractivity contribution in [1.29, 1.82) is 5.26 Å². The van der Waals surface area contributed by atoms with Crippen LogP contribution in [-0.4, -0.2) is 18.9 Å². The third-order valence-electron chi connectivity index (χ3n) is 1.24. The lowest BCUT2D eigenvalue weighted by molar-refractivity contribution is -0.140. The second kappa shape index (κ2) is 2.74. The molecule has 0 aromatic heterocycles. The molecule has 1 atom stereocenters. The van der Waals surface area contributed by atoms with Gasteiger partial charge in [0.05, 0.1) is 6.07 Å². The van der Waals surface area contributed by atoms with Crippen molar-refractivity contribution in [3.05, 3.63) is 0 Å². The molecule has 0 bridgehead atoms. The lowest BCUT2D eigenvalue weighted by atomic mass is 9.64. The molecule has 0 fully saturated rings. The van der Waals surface area contributed by atoms with Crippen molar-refractivity contribution in [2.75, 3.05) is 0 Å². The summed E-state index contributed by atoms with van der Waals surface area (Å²) in [6, 6.07) is 1.74. The third-order valence-corrected chi connectivity index (χ3v) is 1.24. The van der Waals surface area contributed by atoms with Crippen molar-refractivity contribution >= 4 is 13.8 Å².